The maximum absolute atomic E-state index is 5.17. The Labute approximate surface area is 629 Å². The van der Waals surface area contributed by atoms with Gasteiger partial charge in [-0.3, -0.25) is 4.57 Å². The highest BCUT2D eigenvalue weighted by Gasteiger charge is 2.26. The number of rotatable bonds is 9. The number of pyridine rings is 1. The van der Waals surface area contributed by atoms with E-state index in [-0.39, 0.29) is 0 Å². The highest BCUT2D eigenvalue weighted by Crippen LogP contribution is 2.52. The van der Waals surface area contributed by atoms with E-state index in [0.29, 0.717) is 0 Å². The van der Waals surface area contributed by atoms with Crippen molar-refractivity contribution < 1.29 is 0 Å². The largest absolute Gasteiger partial charge is 0.309 e. The molecule has 0 fully saturated rings. The lowest BCUT2D eigenvalue weighted by Crippen LogP contribution is -1.98. The van der Waals surface area contributed by atoms with Crippen molar-refractivity contribution in [2.45, 2.75) is 0 Å². The molecule has 0 radical (unpaired) electrons. The Hall–Kier alpha value is -13.8. The molecule has 108 heavy (non-hydrogen) atoms. The van der Waals surface area contributed by atoms with Crippen LogP contribution in [0.1, 0.15) is 0 Å². The Kier molecular flexibility index (Phi) is 14.3. The van der Waals surface area contributed by atoms with E-state index < -0.39 is 0 Å². The highest BCUT2D eigenvalue weighted by molar-refractivity contribution is 7.27. The topological polar surface area (TPSA) is 45.0 Å². The quantitative estimate of drug-likeness (QED) is 0.145. The molecule has 23 aromatic rings. The molecule has 0 saturated heterocycles. The van der Waals surface area contributed by atoms with E-state index >= 15 is 0 Å². The van der Waals surface area contributed by atoms with Crippen LogP contribution in [0.3, 0.4) is 0 Å². The van der Waals surface area contributed by atoms with Crippen molar-refractivity contribution in [1.82, 2.24) is 28.1 Å². The second-order valence-electron chi connectivity index (χ2n) is 28.0. The SMILES string of the molecule is c1ccc(-c2ccc3sc4c5ccccc5c5c(c6cc(-c7ccccc7)ccc6n5-c5ccc(-c6cn7ccccc7n6)cc5)c4c3c2)cc1.c1ccc(-c2ccc3sc4c5ccccc5c5c(c6cc(-c7ccccc7)ccc6n5-c5ccc(-c6nc7ccccc7n6-c6ccccc6)cc5)c4c3c2)cc1. The third kappa shape index (κ3) is 9.92. The summed E-state index contributed by atoms with van der Waals surface area (Å²) in [7, 11) is 0. The van der Waals surface area contributed by atoms with Crippen molar-refractivity contribution in [3.63, 3.8) is 0 Å². The molecule has 0 unspecified atom stereocenters. The van der Waals surface area contributed by atoms with Crippen molar-refractivity contribution in [2.75, 3.05) is 0 Å². The van der Waals surface area contributed by atoms with Gasteiger partial charge < -0.3 is 13.5 Å². The summed E-state index contributed by atoms with van der Waals surface area (Å²) in [6.07, 6.45) is 4.15. The number of hydrogen-bond donors (Lipinski definition) is 0. The van der Waals surface area contributed by atoms with Crippen molar-refractivity contribution in [3.05, 3.63) is 376 Å². The van der Waals surface area contributed by atoms with Crippen LogP contribution in [0.25, 0.3) is 206 Å². The Morgan fingerprint density at radius 1 is 0.241 bits per heavy atom. The Balaban J connectivity index is 0.000000135. The van der Waals surface area contributed by atoms with Crippen LogP contribution in [0.5, 0.6) is 0 Å². The second-order valence-corrected chi connectivity index (χ2v) is 30.1. The monoisotopic (exact) mass is 1410 g/mol. The van der Waals surface area contributed by atoms with Crippen molar-refractivity contribution >= 4 is 145 Å². The zero-order chi connectivity index (χ0) is 70.9. The summed E-state index contributed by atoms with van der Waals surface area (Å²) < 4.78 is 14.6. The van der Waals surface area contributed by atoms with Gasteiger partial charge in [-0.25, -0.2) is 9.97 Å². The Bertz CT molecular complexity index is 7460. The molecular formula is C100H62N6S2. The molecule has 0 amide bonds. The molecule has 504 valence electrons. The molecule has 0 aliphatic heterocycles. The van der Waals surface area contributed by atoms with Crippen LogP contribution in [-0.2, 0) is 0 Å². The molecule has 0 aliphatic rings. The molecule has 0 N–H and O–H groups in total. The van der Waals surface area contributed by atoms with E-state index in [2.05, 4.69) is 370 Å². The van der Waals surface area contributed by atoms with Gasteiger partial charge in [0.05, 0.1) is 38.8 Å². The van der Waals surface area contributed by atoms with Gasteiger partial charge in [-0.1, -0.05) is 243 Å². The third-order valence-corrected chi connectivity index (χ3v) is 24.2. The van der Waals surface area contributed by atoms with Crippen LogP contribution in [-0.4, -0.2) is 28.1 Å². The van der Waals surface area contributed by atoms with Gasteiger partial charge in [-0.05, 0) is 166 Å². The predicted octanol–water partition coefficient (Wildman–Crippen LogP) is 27.6. The lowest BCUT2D eigenvalue weighted by atomic mass is 9.96. The molecule has 7 aromatic heterocycles. The van der Waals surface area contributed by atoms with Crippen LogP contribution in [0.15, 0.2) is 376 Å². The van der Waals surface area contributed by atoms with Gasteiger partial charge in [0, 0.05) is 124 Å². The first-order valence-corrected chi connectivity index (χ1v) is 38.3. The molecule has 7 heterocycles. The minimum atomic E-state index is 0.926. The maximum atomic E-state index is 5.17. The number of aromatic nitrogens is 6. The van der Waals surface area contributed by atoms with E-state index in [0.717, 1.165) is 56.4 Å². The molecule has 0 spiro atoms. The first-order chi connectivity index (χ1) is 53.6. The lowest BCUT2D eigenvalue weighted by Gasteiger charge is -2.13. The summed E-state index contributed by atoms with van der Waals surface area (Å²) >= 11 is 3.81. The van der Waals surface area contributed by atoms with E-state index in [9.17, 15) is 0 Å². The summed E-state index contributed by atoms with van der Waals surface area (Å²) in [5.41, 5.74) is 24.1. The zero-order valence-corrected chi connectivity index (χ0v) is 59.9. The molecule has 23 rings (SSSR count). The standard InChI is InChI=1S/C53H33N3S.C47H29N3S/c1-4-14-34(15-5-1)37-26-30-46-43(32-37)49-50-44-33-38(35-16-6-2-7-17-35)27-31-48(44)57-52(50)42-21-11-10-20-41(42)51(49)55(46)40-28-24-36(25-29-40)53-54-45-22-12-13-23-47(45)56(53)39-18-8-3-9-19-39;1-3-11-30(12-4-1)33-20-24-41-38(27-33)44-45-39-28-34(31-13-5-2-6-14-31)21-25-42(39)51-47(45)37-16-8-7-15-36(37)46(44)50(41)35-22-18-32(19-23-35)40-29-49-26-10-9-17-43(49)48-40/h1-33H;1-29H. The van der Waals surface area contributed by atoms with E-state index in [1.54, 1.807) is 0 Å². The zero-order valence-electron chi connectivity index (χ0n) is 58.3. The third-order valence-electron chi connectivity index (χ3n) is 21.8. The molecule has 0 bridgehead atoms. The van der Waals surface area contributed by atoms with E-state index in [1.807, 2.05) is 47.1 Å². The number of nitrogens with zero attached hydrogens (tertiary/aromatic N) is 6. The van der Waals surface area contributed by atoms with Gasteiger partial charge in [-0.15, -0.1) is 22.7 Å². The smallest absolute Gasteiger partial charge is 0.145 e. The molecule has 6 nitrogen and oxygen atoms in total. The van der Waals surface area contributed by atoms with Gasteiger partial charge >= 0.3 is 0 Å². The summed E-state index contributed by atoms with van der Waals surface area (Å²) in [6, 6.07) is 132. The van der Waals surface area contributed by atoms with Crippen LogP contribution in [0.4, 0.5) is 0 Å². The number of imidazole rings is 2. The molecule has 0 aliphatic carbocycles. The van der Waals surface area contributed by atoms with Crippen LogP contribution < -0.4 is 0 Å². The van der Waals surface area contributed by atoms with Crippen LogP contribution in [0.2, 0.25) is 0 Å². The first-order valence-electron chi connectivity index (χ1n) is 36.7. The van der Waals surface area contributed by atoms with Crippen molar-refractivity contribution in [1.29, 1.82) is 0 Å². The normalized spacial score (nSPS) is 11.9. The minimum Gasteiger partial charge on any atom is -0.309 e. The Morgan fingerprint density at radius 3 is 1.11 bits per heavy atom. The summed E-state index contributed by atoms with van der Waals surface area (Å²) in [6.45, 7) is 0. The van der Waals surface area contributed by atoms with Gasteiger partial charge in [0.1, 0.15) is 11.5 Å². The van der Waals surface area contributed by atoms with Crippen molar-refractivity contribution in [2.24, 2.45) is 0 Å². The van der Waals surface area contributed by atoms with E-state index in [1.165, 1.54) is 150 Å². The maximum Gasteiger partial charge on any atom is 0.145 e. The van der Waals surface area contributed by atoms with Crippen LogP contribution >= 0.6 is 22.7 Å². The molecular weight excluding hydrogens is 1350 g/mol. The van der Waals surface area contributed by atoms with Gasteiger partial charge in [0.2, 0.25) is 0 Å². The highest BCUT2D eigenvalue weighted by atomic mass is 32.1. The number of para-hydroxylation sites is 3. The fourth-order valence-corrected chi connectivity index (χ4v) is 19.4. The number of fused-ring (bicyclic) bond motifs is 22. The summed E-state index contributed by atoms with van der Waals surface area (Å²) in [5, 5.41) is 15.4. The lowest BCUT2D eigenvalue weighted by molar-refractivity contribution is 1.10. The predicted molar refractivity (Wildman–Crippen MR) is 458 cm³/mol. The van der Waals surface area contributed by atoms with Crippen LogP contribution in [0, 0.1) is 0 Å². The number of benzene rings is 16. The molecule has 16 aromatic carbocycles. The second kappa shape index (κ2) is 25.0. The molecule has 8 heteroatoms. The number of hydrogen-bond acceptors (Lipinski definition) is 4. The van der Waals surface area contributed by atoms with Gasteiger partial charge in [0.15, 0.2) is 0 Å². The number of thiophene rings is 2. The average Bonchev–Trinajstić information content (AvgIpc) is 1.53. The molecule has 0 saturated carbocycles. The Morgan fingerprint density at radius 2 is 0.630 bits per heavy atom. The minimum absolute atomic E-state index is 0.926. The van der Waals surface area contributed by atoms with Gasteiger partial charge in [0.25, 0.3) is 0 Å². The summed E-state index contributed by atoms with van der Waals surface area (Å²) in [5.74, 6) is 0.926. The van der Waals surface area contributed by atoms with Gasteiger partial charge in [-0.2, -0.15) is 0 Å². The fraction of sp³-hybridized carbons (Fsp3) is 0. The molecule has 0 atom stereocenters. The fourth-order valence-electron chi connectivity index (χ4n) is 16.9. The summed E-state index contributed by atoms with van der Waals surface area (Å²) in [4.78, 5) is 10.1. The average molecular weight is 1410 g/mol. The first kappa shape index (κ1) is 61.7. The van der Waals surface area contributed by atoms with E-state index in [4.69, 9.17) is 9.97 Å². The van der Waals surface area contributed by atoms with Crippen molar-refractivity contribution in [3.8, 4) is 84.2 Å².